The quantitative estimate of drug-likeness (QED) is 0.0261. The Morgan fingerprint density at radius 2 is 0.500 bits per heavy atom. The van der Waals surface area contributed by atoms with Crippen molar-refractivity contribution in [2.24, 2.45) is 0 Å². The Hall–Kier alpha value is -2.37. The van der Waals surface area contributed by atoms with Crippen LogP contribution in [0.1, 0.15) is 335 Å². The van der Waals surface area contributed by atoms with Crippen molar-refractivity contribution in [3.05, 3.63) is 36.5 Å². The Morgan fingerprint density at radius 1 is 0.271 bits per heavy atom. The van der Waals surface area contributed by atoms with E-state index in [-0.39, 0.29) is 31.1 Å². The van der Waals surface area contributed by atoms with Gasteiger partial charge in [-0.3, -0.25) is 14.4 Å². The fourth-order valence-electron chi connectivity index (χ4n) is 9.14. The van der Waals surface area contributed by atoms with Gasteiger partial charge in [-0.1, -0.05) is 263 Å². The van der Waals surface area contributed by atoms with E-state index >= 15 is 0 Å². The number of rotatable bonds is 57. The van der Waals surface area contributed by atoms with Gasteiger partial charge in [0, 0.05) is 19.3 Å². The van der Waals surface area contributed by atoms with Crippen LogP contribution in [0.5, 0.6) is 0 Å². The predicted octanol–water partition coefficient (Wildman–Crippen LogP) is 20.8. The van der Waals surface area contributed by atoms with Crippen LogP contribution >= 0.6 is 0 Å². The maximum absolute atomic E-state index is 12.9. The molecule has 6 nitrogen and oxygen atoms in total. The minimum atomic E-state index is -0.775. The molecule has 1 unspecified atom stereocenters. The first-order valence-electron chi connectivity index (χ1n) is 31.0. The molecule has 0 aliphatic rings. The Morgan fingerprint density at radius 3 is 0.771 bits per heavy atom. The molecule has 0 radical (unpaired) electrons. The van der Waals surface area contributed by atoms with Crippen molar-refractivity contribution in [3.8, 4) is 0 Å². The molecule has 0 amide bonds. The summed E-state index contributed by atoms with van der Waals surface area (Å²) in [6.45, 7) is 6.61. The standard InChI is InChI=1S/C64H118O6/c1-4-7-10-13-16-19-22-24-26-28-29-30-31-32-33-34-35-37-38-40-42-45-48-51-54-57-63(66)69-60-61(59-68-62(65)56-53-50-47-44-21-18-15-12-9-6-3)70-64(67)58-55-52-49-46-43-41-39-36-27-25-23-20-17-14-11-8-5-2/h12,15,25,27-29,61H,4-11,13-14,16-24,26,30-60H2,1-3H3/b15-12-,27-25-,29-28-. The summed E-state index contributed by atoms with van der Waals surface area (Å²) in [7, 11) is 0. The molecule has 0 aromatic carbocycles. The number of esters is 3. The highest BCUT2D eigenvalue weighted by atomic mass is 16.6. The number of unbranched alkanes of at least 4 members (excludes halogenated alkanes) is 40. The summed E-state index contributed by atoms with van der Waals surface area (Å²) in [5.41, 5.74) is 0. The van der Waals surface area contributed by atoms with Crippen LogP contribution in [0.15, 0.2) is 36.5 Å². The minimum absolute atomic E-state index is 0.0738. The van der Waals surface area contributed by atoms with Crippen molar-refractivity contribution in [3.63, 3.8) is 0 Å². The second kappa shape index (κ2) is 59.2. The van der Waals surface area contributed by atoms with Crippen LogP contribution in [0, 0.1) is 0 Å². The lowest BCUT2D eigenvalue weighted by atomic mass is 10.0. The van der Waals surface area contributed by atoms with Crippen LogP contribution in [0.2, 0.25) is 0 Å². The summed E-state index contributed by atoms with van der Waals surface area (Å²) < 4.78 is 16.9. The highest BCUT2D eigenvalue weighted by Crippen LogP contribution is 2.17. The molecule has 0 bridgehead atoms. The third kappa shape index (κ3) is 56.5. The van der Waals surface area contributed by atoms with Crippen molar-refractivity contribution in [1.82, 2.24) is 0 Å². The minimum Gasteiger partial charge on any atom is -0.462 e. The fourth-order valence-corrected chi connectivity index (χ4v) is 9.14. The SMILES string of the molecule is CCC/C=C\CCCCCCCC(=O)OCC(COC(=O)CCCCCCCCCCCCCCC/C=C\CCCCCCCCCC)OC(=O)CCCCCCCCC/C=C\CCCCCCCC. The Balaban J connectivity index is 4.19. The number of carbonyl (C=O) groups excluding carboxylic acids is 3. The van der Waals surface area contributed by atoms with Gasteiger partial charge in [-0.15, -0.1) is 0 Å². The smallest absolute Gasteiger partial charge is 0.306 e. The number of allylic oxidation sites excluding steroid dienone is 6. The monoisotopic (exact) mass is 983 g/mol. The van der Waals surface area contributed by atoms with Gasteiger partial charge in [0.05, 0.1) is 0 Å². The number of carbonyl (C=O) groups is 3. The van der Waals surface area contributed by atoms with Gasteiger partial charge >= 0.3 is 17.9 Å². The largest absolute Gasteiger partial charge is 0.462 e. The van der Waals surface area contributed by atoms with E-state index in [0.29, 0.717) is 19.3 Å². The molecule has 0 aromatic heterocycles. The fraction of sp³-hybridized carbons (Fsp3) is 0.859. The molecule has 70 heavy (non-hydrogen) atoms. The van der Waals surface area contributed by atoms with Gasteiger partial charge in [0.1, 0.15) is 13.2 Å². The van der Waals surface area contributed by atoms with Crippen LogP contribution in [0.4, 0.5) is 0 Å². The molecular formula is C64H118O6. The molecule has 1 atom stereocenters. The molecule has 0 N–H and O–H groups in total. The van der Waals surface area contributed by atoms with Crippen LogP contribution < -0.4 is 0 Å². The molecule has 0 aliphatic carbocycles. The van der Waals surface area contributed by atoms with Gasteiger partial charge in [-0.25, -0.2) is 0 Å². The molecule has 0 spiro atoms. The molecule has 0 fully saturated rings. The van der Waals surface area contributed by atoms with Gasteiger partial charge in [-0.2, -0.15) is 0 Å². The molecule has 0 aromatic rings. The van der Waals surface area contributed by atoms with Crippen molar-refractivity contribution < 1.29 is 28.6 Å². The van der Waals surface area contributed by atoms with Crippen LogP contribution in [-0.4, -0.2) is 37.2 Å². The maximum atomic E-state index is 12.9. The predicted molar refractivity (Wildman–Crippen MR) is 302 cm³/mol. The summed E-state index contributed by atoms with van der Waals surface area (Å²) in [6, 6.07) is 0. The summed E-state index contributed by atoms with van der Waals surface area (Å²) in [4.78, 5) is 38.1. The summed E-state index contributed by atoms with van der Waals surface area (Å²) >= 11 is 0. The van der Waals surface area contributed by atoms with Crippen molar-refractivity contribution in [1.29, 1.82) is 0 Å². The van der Waals surface area contributed by atoms with Crippen molar-refractivity contribution in [2.75, 3.05) is 13.2 Å². The first-order chi connectivity index (χ1) is 34.5. The van der Waals surface area contributed by atoms with Crippen molar-refractivity contribution in [2.45, 2.75) is 341 Å². The first kappa shape index (κ1) is 67.6. The molecule has 0 aliphatic heterocycles. The summed E-state index contributed by atoms with van der Waals surface area (Å²) in [5.74, 6) is -0.872. The maximum Gasteiger partial charge on any atom is 0.306 e. The van der Waals surface area contributed by atoms with Crippen LogP contribution in [0.25, 0.3) is 0 Å². The molecule has 0 heterocycles. The average Bonchev–Trinajstić information content (AvgIpc) is 3.36. The molecule has 0 rings (SSSR count). The third-order valence-electron chi connectivity index (χ3n) is 13.8. The Kier molecular flexibility index (Phi) is 57.2. The van der Waals surface area contributed by atoms with E-state index in [9.17, 15) is 14.4 Å². The van der Waals surface area contributed by atoms with Crippen LogP contribution in [0.3, 0.4) is 0 Å². The van der Waals surface area contributed by atoms with E-state index < -0.39 is 6.10 Å². The third-order valence-corrected chi connectivity index (χ3v) is 13.8. The van der Waals surface area contributed by atoms with Gasteiger partial charge in [0.25, 0.3) is 0 Å². The second-order valence-electron chi connectivity index (χ2n) is 21.0. The molecule has 0 saturated carbocycles. The highest BCUT2D eigenvalue weighted by Gasteiger charge is 2.19. The van der Waals surface area contributed by atoms with E-state index in [1.807, 2.05) is 0 Å². The average molecular weight is 984 g/mol. The van der Waals surface area contributed by atoms with E-state index in [0.717, 1.165) is 70.6 Å². The van der Waals surface area contributed by atoms with Gasteiger partial charge in [0.2, 0.25) is 0 Å². The van der Waals surface area contributed by atoms with Crippen molar-refractivity contribution >= 4 is 17.9 Å². The van der Waals surface area contributed by atoms with Gasteiger partial charge < -0.3 is 14.2 Å². The summed E-state index contributed by atoms with van der Waals surface area (Å²) in [6.07, 6.45) is 71.6. The molecular weight excluding hydrogens is 865 g/mol. The van der Waals surface area contributed by atoms with E-state index in [1.165, 1.54) is 225 Å². The normalized spacial score (nSPS) is 12.2. The van der Waals surface area contributed by atoms with E-state index in [4.69, 9.17) is 14.2 Å². The van der Waals surface area contributed by atoms with Gasteiger partial charge in [-0.05, 0) is 89.9 Å². The zero-order valence-corrected chi connectivity index (χ0v) is 47.1. The van der Waals surface area contributed by atoms with E-state index in [2.05, 4.69) is 57.2 Å². The molecule has 410 valence electrons. The zero-order valence-electron chi connectivity index (χ0n) is 47.1. The first-order valence-corrected chi connectivity index (χ1v) is 31.0. The Bertz CT molecular complexity index is 1170. The topological polar surface area (TPSA) is 78.9 Å². The highest BCUT2D eigenvalue weighted by molar-refractivity contribution is 5.71. The number of ether oxygens (including phenoxy) is 3. The number of hydrogen-bond acceptors (Lipinski definition) is 6. The molecule has 0 saturated heterocycles. The van der Waals surface area contributed by atoms with E-state index in [1.54, 1.807) is 0 Å². The molecule has 6 heteroatoms. The lowest BCUT2D eigenvalue weighted by Crippen LogP contribution is -2.30. The lowest BCUT2D eigenvalue weighted by Gasteiger charge is -2.18. The second-order valence-corrected chi connectivity index (χ2v) is 21.0. The van der Waals surface area contributed by atoms with Gasteiger partial charge in [0.15, 0.2) is 6.10 Å². The lowest BCUT2D eigenvalue weighted by molar-refractivity contribution is -0.167. The number of hydrogen-bond donors (Lipinski definition) is 0. The summed E-state index contributed by atoms with van der Waals surface area (Å²) in [5, 5.41) is 0. The zero-order chi connectivity index (χ0) is 50.7. The Labute approximate surface area is 435 Å². The van der Waals surface area contributed by atoms with Crippen LogP contribution in [-0.2, 0) is 28.6 Å².